The fraction of sp³-hybridized carbons (Fsp3) is 0.353. The van der Waals surface area contributed by atoms with E-state index in [0.717, 1.165) is 37.2 Å². The van der Waals surface area contributed by atoms with Crippen LogP contribution in [0.15, 0.2) is 52.6 Å². The normalized spacial score (nSPS) is 24.4. The van der Waals surface area contributed by atoms with E-state index in [2.05, 4.69) is 21.4 Å². The maximum absolute atomic E-state index is 9.80. The molecule has 0 aromatic carbocycles. The number of hydrogen-bond acceptors (Lipinski definition) is 6. The van der Waals surface area contributed by atoms with E-state index in [-0.39, 0.29) is 11.8 Å². The Balaban J connectivity index is 2.12. The summed E-state index contributed by atoms with van der Waals surface area (Å²) in [5, 5.41) is 13.1. The molecule has 0 radical (unpaired) electrons. The van der Waals surface area contributed by atoms with Gasteiger partial charge in [0.25, 0.3) is 0 Å². The molecule has 0 spiro atoms. The van der Waals surface area contributed by atoms with Gasteiger partial charge in [0.1, 0.15) is 5.84 Å². The van der Waals surface area contributed by atoms with E-state index in [1.54, 1.807) is 12.4 Å². The molecule has 3 heterocycles. The van der Waals surface area contributed by atoms with Gasteiger partial charge < -0.3 is 16.8 Å². The van der Waals surface area contributed by atoms with Crippen LogP contribution in [0.1, 0.15) is 24.3 Å². The standard InChI is InChI=1S/C17H20N6/c18-8-13-15(12-2-1-5-22-10-12)14(9-19)17(20)23-16(13)11-3-6-21-7-4-11/h1-2,5,9-11,15,21H,3-4,6-7,19H2,(H2,20,23)/b14-9-. The van der Waals surface area contributed by atoms with Gasteiger partial charge in [0, 0.05) is 30.1 Å². The van der Waals surface area contributed by atoms with Crippen LogP contribution in [-0.2, 0) is 0 Å². The zero-order chi connectivity index (χ0) is 16.2. The Bertz CT molecular complexity index is 704. The SMILES string of the molecule is N#CC1=C(C2CCNCC2)N=C(N)/C(=C\N)C1c1cccnc1. The smallest absolute Gasteiger partial charge is 0.129 e. The Labute approximate surface area is 135 Å². The summed E-state index contributed by atoms with van der Waals surface area (Å²) in [7, 11) is 0. The van der Waals surface area contributed by atoms with Gasteiger partial charge in [-0.15, -0.1) is 0 Å². The molecule has 1 atom stereocenters. The third-order valence-electron chi connectivity index (χ3n) is 4.46. The highest BCUT2D eigenvalue weighted by Gasteiger charge is 2.33. The molecule has 6 heteroatoms. The summed E-state index contributed by atoms with van der Waals surface area (Å²) in [5.74, 6) is 0.359. The van der Waals surface area contributed by atoms with E-state index in [9.17, 15) is 5.26 Å². The molecule has 3 rings (SSSR count). The van der Waals surface area contributed by atoms with Crippen LogP contribution in [0.3, 0.4) is 0 Å². The van der Waals surface area contributed by atoms with Crippen molar-refractivity contribution in [2.24, 2.45) is 22.4 Å². The molecule has 23 heavy (non-hydrogen) atoms. The lowest BCUT2D eigenvalue weighted by molar-refractivity contribution is 0.414. The van der Waals surface area contributed by atoms with Crippen LogP contribution in [0.4, 0.5) is 0 Å². The highest BCUT2D eigenvalue weighted by Crippen LogP contribution is 2.40. The predicted octanol–water partition coefficient (Wildman–Crippen LogP) is 1.16. The number of nitrogens with one attached hydrogen (secondary N) is 1. The van der Waals surface area contributed by atoms with Crippen LogP contribution in [-0.4, -0.2) is 23.9 Å². The summed E-state index contributed by atoms with van der Waals surface area (Å²) in [5.41, 5.74) is 15.0. The first-order valence-corrected chi connectivity index (χ1v) is 7.77. The number of rotatable bonds is 2. The molecule has 0 aliphatic carbocycles. The van der Waals surface area contributed by atoms with Gasteiger partial charge in [-0.3, -0.25) is 4.98 Å². The zero-order valence-corrected chi connectivity index (χ0v) is 12.9. The number of nitriles is 1. The van der Waals surface area contributed by atoms with Crippen LogP contribution < -0.4 is 16.8 Å². The molecule has 118 valence electrons. The van der Waals surface area contributed by atoms with Crippen molar-refractivity contribution in [2.75, 3.05) is 13.1 Å². The van der Waals surface area contributed by atoms with Gasteiger partial charge in [-0.05, 0) is 37.6 Å². The molecule has 0 amide bonds. The number of aliphatic imine (C=N–C) groups is 1. The molecule has 0 bridgehead atoms. The second kappa shape index (κ2) is 6.63. The number of piperidine rings is 1. The second-order valence-electron chi connectivity index (χ2n) is 5.77. The topological polar surface area (TPSA) is 113 Å². The van der Waals surface area contributed by atoms with Crippen LogP contribution in [0, 0.1) is 17.2 Å². The van der Waals surface area contributed by atoms with Crippen molar-refractivity contribution >= 4 is 5.84 Å². The minimum absolute atomic E-state index is 0.253. The maximum atomic E-state index is 9.80. The molecule has 1 fully saturated rings. The number of nitrogens with two attached hydrogens (primary N) is 2. The Hall–Kier alpha value is -2.65. The minimum Gasteiger partial charge on any atom is -0.404 e. The van der Waals surface area contributed by atoms with Gasteiger partial charge in [-0.1, -0.05) is 6.07 Å². The fourth-order valence-electron chi connectivity index (χ4n) is 3.31. The molecule has 2 aliphatic rings. The van der Waals surface area contributed by atoms with Crippen LogP contribution in [0.25, 0.3) is 0 Å². The highest BCUT2D eigenvalue weighted by atomic mass is 14.9. The molecule has 0 saturated carbocycles. The summed E-state index contributed by atoms with van der Waals surface area (Å²) < 4.78 is 0. The number of hydrogen-bond donors (Lipinski definition) is 3. The molecule has 1 aromatic rings. The Kier molecular flexibility index (Phi) is 4.40. The second-order valence-corrected chi connectivity index (χ2v) is 5.77. The monoisotopic (exact) mass is 308 g/mol. The average molecular weight is 308 g/mol. The zero-order valence-electron chi connectivity index (χ0n) is 12.9. The first kappa shape index (κ1) is 15.3. The van der Waals surface area contributed by atoms with Crippen molar-refractivity contribution in [3.63, 3.8) is 0 Å². The van der Waals surface area contributed by atoms with E-state index < -0.39 is 0 Å². The van der Waals surface area contributed by atoms with Crippen molar-refractivity contribution in [3.05, 3.63) is 53.1 Å². The van der Waals surface area contributed by atoms with Gasteiger partial charge in [0.15, 0.2) is 0 Å². The lowest BCUT2D eigenvalue weighted by Crippen LogP contribution is -2.32. The first-order valence-electron chi connectivity index (χ1n) is 7.77. The van der Waals surface area contributed by atoms with E-state index in [0.29, 0.717) is 17.0 Å². The Morgan fingerprint density at radius 3 is 2.74 bits per heavy atom. The lowest BCUT2D eigenvalue weighted by atomic mass is 9.79. The number of pyridine rings is 1. The van der Waals surface area contributed by atoms with Crippen molar-refractivity contribution in [1.29, 1.82) is 5.26 Å². The van der Waals surface area contributed by atoms with Crippen LogP contribution in [0.5, 0.6) is 0 Å². The quantitative estimate of drug-likeness (QED) is 0.758. The summed E-state index contributed by atoms with van der Waals surface area (Å²) in [6.45, 7) is 1.86. The van der Waals surface area contributed by atoms with Crippen LogP contribution >= 0.6 is 0 Å². The number of nitrogens with zero attached hydrogens (tertiary/aromatic N) is 3. The largest absolute Gasteiger partial charge is 0.404 e. The number of amidine groups is 1. The first-order chi connectivity index (χ1) is 11.3. The molecular weight excluding hydrogens is 288 g/mol. The minimum atomic E-state index is -0.291. The molecular formula is C17H20N6. The van der Waals surface area contributed by atoms with Gasteiger partial charge in [-0.25, -0.2) is 4.99 Å². The van der Waals surface area contributed by atoms with Gasteiger partial charge in [-0.2, -0.15) is 5.26 Å². The highest BCUT2D eigenvalue weighted by molar-refractivity contribution is 6.01. The molecule has 2 aliphatic heterocycles. The van der Waals surface area contributed by atoms with Crippen molar-refractivity contribution < 1.29 is 0 Å². The van der Waals surface area contributed by atoms with Crippen molar-refractivity contribution in [2.45, 2.75) is 18.8 Å². The fourth-order valence-corrected chi connectivity index (χ4v) is 3.31. The van der Waals surface area contributed by atoms with Crippen LogP contribution in [0.2, 0.25) is 0 Å². The van der Waals surface area contributed by atoms with Gasteiger partial charge >= 0.3 is 0 Å². The molecule has 1 aromatic heterocycles. The lowest BCUT2D eigenvalue weighted by Gasteiger charge is -2.30. The van der Waals surface area contributed by atoms with E-state index >= 15 is 0 Å². The van der Waals surface area contributed by atoms with Crippen molar-refractivity contribution in [3.8, 4) is 6.07 Å². The third-order valence-corrected chi connectivity index (χ3v) is 4.46. The molecule has 1 saturated heterocycles. The average Bonchev–Trinajstić information content (AvgIpc) is 2.62. The molecule has 1 unspecified atom stereocenters. The predicted molar refractivity (Wildman–Crippen MR) is 89.1 cm³/mol. The molecule has 5 N–H and O–H groups in total. The van der Waals surface area contributed by atoms with E-state index in [1.807, 2.05) is 12.1 Å². The number of aromatic nitrogens is 1. The third kappa shape index (κ3) is 2.83. The summed E-state index contributed by atoms with van der Waals surface area (Å²) >= 11 is 0. The van der Waals surface area contributed by atoms with E-state index in [1.165, 1.54) is 6.20 Å². The number of allylic oxidation sites excluding steroid dienone is 2. The summed E-state index contributed by atoms with van der Waals surface area (Å²) in [6, 6.07) is 6.15. The maximum Gasteiger partial charge on any atom is 0.129 e. The summed E-state index contributed by atoms with van der Waals surface area (Å²) in [6.07, 6.45) is 6.83. The molecule has 6 nitrogen and oxygen atoms in total. The summed E-state index contributed by atoms with van der Waals surface area (Å²) in [4.78, 5) is 8.71. The van der Waals surface area contributed by atoms with Gasteiger partial charge in [0.05, 0.1) is 23.3 Å². The van der Waals surface area contributed by atoms with Gasteiger partial charge in [0.2, 0.25) is 0 Å². The van der Waals surface area contributed by atoms with Crippen molar-refractivity contribution in [1.82, 2.24) is 10.3 Å². The Morgan fingerprint density at radius 1 is 1.35 bits per heavy atom. The Morgan fingerprint density at radius 2 is 2.13 bits per heavy atom. The van der Waals surface area contributed by atoms with E-state index in [4.69, 9.17) is 11.5 Å².